The lowest BCUT2D eigenvalue weighted by Crippen LogP contribution is -2.26. The number of hydrogen-bond donors (Lipinski definition) is 1. The molecule has 5 nitrogen and oxygen atoms in total. The molecule has 0 bridgehead atoms. The summed E-state index contributed by atoms with van der Waals surface area (Å²) in [7, 11) is 0. The Bertz CT molecular complexity index is 751. The number of esters is 1. The summed E-state index contributed by atoms with van der Waals surface area (Å²) in [6.07, 6.45) is -1.21. The number of carboxylic acids is 1. The number of ether oxygens (including phenoxy) is 1. The molecule has 0 spiro atoms. The Morgan fingerprint density at radius 2 is 1.54 bits per heavy atom. The molecule has 0 heterocycles. The molecule has 0 aliphatic heterocycles. The summed E-state index contributed by atoms with van der Waals surface area (Å²) in [6, 6.07) is 15.5. The minimum absolute atomic E-state index is 0.142. The van der Waals surface area contributed by atoms with Gasteiger partial charge in [-0.2, -0.15) is 0 Å². The zero-order valence-corrected chi connectivity index (χ0v) is 13.4. The molecular formula is C19H18O5. The molecule has 0 aliphatic rings. The first-order chi connectivity index (χ1) is 11.4. The number of carbonyl (C=O) groups is 3. The van der Waals surface area contributed by atoms with Crippen molar-refractivity contribution in [2.75, 3.05) is 0 Å². The third-order valence-electron chi connectivity index (χ3n) is 3.68. The van der Waals surface area contributed by atoms with Crippen molar-refractivity contribution in [2.24, 2.45) is 0 Å². The summed E-state index contributed by atoms with van der Waals surface area (Å²) in [5, 5.41) is 8.80. The molecule has 0 unspecified atom stereocenters. The van der Waals surface area contributed by atoms with Gasteiger partial charge in [0.1, 0.15) is 0 Å². The van der Waals surface area contributed by atoms with Gasteiger partial charge >= 0.3 is 11.9 Å². The van der Waals surface area contributed by atoms with Crippen molar-refractivity contribution in [3.8, 4) is 0 Å². The van der Waals surface area contributed by atoms with Crippen LogP contribution >= 0.6 is 0 Å². The van der Waals surface area contributed by atoms with Crippen molar-refractivity contribution in [1.29, 1.82) is 0 Å². The van der Waals surface area contributed by atoms with Crippen molar-refractivity contribution in [3.05, 3.63) is 71.3 Å². The Morgan fingerprint density at radius 3 is 2.17 bits per heavy atom. The number of rotatable bonds is 6. The molecule has 0 aliphatic carbocycles. The number of ketones is 1. The van der Waals surface area contributed by atoms with E-state index in [1.807, 2.05) is 6.07 Å². The second-order valence-corrected chi connectivity index (χ2v) is 5.46. The summed E-state index contributed by atoms with van der Waals surface area (Å²) in [5.41, 5.74) is 1.62. The molecule has 2 aromatic rings. The summed E-state index contributed by atoms with van der Waals surface area (Å²) in [6.45, 7) is 2.91. The molecule has 0 amide bonds. The lowest BCUT2D eigenvalue weighted by molar-refractivity contribution is -0.163. The minimum Gasteiger partial charge on any atom is -0.479 e. The first kappa shape index (κ1) is 17.4. The van der Waals surface area contributed by atoms with Crippen molar-refractivity contribution < 1.29 is 24.2 Å². The zero-order valence-electron chi connectivity index (χ0n) is 13.4. The Hall–Kier alpha value is -2.95. The zero-order chi connectivity index (χ0) is 17.7. The van der Waals surface area contributed by atoms with Crippen LogP contribution in [0.3, 0.4) is 0 Å². The number of aliphatic carboxylic acids is 1. The number of carbonyl (C=O) groups excluding carboxylic acids is 2. The third-order valence-corrected chi connectivity index (χ3v) is 3.68. The van der Waals surface area contributed by atoms with E-state index < -0.39 is 24.0 Å². The fraction of sp³-hybridized carbons (Fsp3) is 0.211. The van der Waals surface area contributed by atoms with Crippen LogP contribution in [0.15, 0.2) is 54.6 Å². The molecule has 0 aromatic heterocycles. The second kappa shape index (κ2) is 7.55. The fourth-order valence-corrected chi connectivity index (χ4v) is 2.17. The molecular weight excluding hydrogens is 308 g/mol. The van der Waals surface area contributed by atoms with Crippen molar-refractivity contribution in [3.63, 3.8) is 0 Å². The van der Waals surface area contributed by atoms with E-state index >= 15 is 0 Å². The van der Waals surface area contributed by atoms with Gasteiger partial charge in [0.25, 0.3) is 0 Å². The van der Waals surface area contributed by atoms with Crippen LogP contribution < -0.4 is 0 Å². The maximum absolute atomic E-state index is 12.5. The molecule has 0 fully saturated rings. The highest BCUT2D eigenvalue weighted by Gasteiger charge is 2.23. The van der Waals surface area contributed by atoms with Crippen LogP contribution in [0, 0.1) is 0 Å². The van der Waals surface area contributed by atoms with Crippen LogP contribution in [-0.2, 0) is 14.3 Å². The maximum Gasteiger partial charge on any atom is 0.344 e. The van der Waals surface area contributed by atoms with E-state index in [0.29, 0.717) is 16.7 Å². The first-order valence-corrected chi connectivity index (χ1v) is 7.53. The van der Waals surface area contributed by atoms with Crippen LogP contribution in [-0.4, -0.2) is 28.9 Å². The largest absolute Gasteiger partial charge is 0.479 e. The molecule has 0 saturated heterocycles. The van der Waals surface area contributed by atoms with Gasteiger partial charge in [0.15, 0.2) is 11.9 Å². The summed E-state index contributed by atoms with van der Waals surface area (Å²) in [5.74, 6) is -2.66. The Morgan fingerprint density at radius 1 is 0.917 bits per heavy atom. The van der Waals surface area contributed by atoms with E-state index in [1.165, 1.54) is 6.92 Å². The lowest BCUT2D eigenvalue weighted by Gasteiger charge is -2.15. The lowest BCUT2D eigenvalue weighted by atomic mass is 9.96. The van der Waals surface area contributed by atoms with Crippen LogP contribution in [0.5, 0.6) is 0 Å². The van der Waals surface area contributed by atoms with Gasteiger partial charge in [0, 0.05) is 11.1 Å². The summed E-state index contributed by atoms with van der Waals surface area (Å²) >= 11 is 0. The molecule has 0 saturated carbocycles. The minimum atomic E-state index is -1.21. The topological polar surface area (TPSA) is 80.7 Å². The Kier molecular flexibility index (Phi) is 5.47. The Labute approximate surface area is 139 Å². The molecule has 24 heavy (non-hydrogen) atoms. The van der Waals surface area contributed by atoms with Gasteiger partial charge in [-0.15, -0.1) is 0 Å². The quantitative estimate of drug-likeness (QED) is 0.652. The van der Waals surface area contributed by atoms with E-state index in [2.05, 4.69) is 0 Å². The predicted octanol–water partition coefficient (Wildman–Crippen LogP) is 3.04. The van der Waals surface area contributed by atoms with Crippen molar-refractivity contribution in [1.82, 2.24) is 0 Å². The molecule has 5 heteroatoms. The average Bonchev–Trinajstić information content (AvgIpc) is 2.61. The number of benzene rings is 2. The van der Waals surface area contributed by atoms with E-state index in [9.17, 15) is 14.4 Å². The first-order valence-electron chi connectivity index (χ1n) is 7.53. The van der Waals surface area contributed by atoms with Gasteiger partial charge in [0.2, 0.25) is 0 Å². The van der Waals surface area contributed by atoms with E-state index in [0.717, 1.165) is 0 Å². The smallest absolute Gasteiger partial charge is 0.344 e. The normalized spacial score (nSPS) is 12.9. The van der Waals surface area contributed by atoms with Gasteiger partial charge in [-0.3, -0.25) is 9.59 Å². The van der Waals surface area contributed by atoms with E-state index in [1.54, 1.807) is 55.5 Å². The molecule has 2 rings (SSSR count). The highest BCUT2D eigenvalue weighted by Crippen LogP contribution is 2.20. The molecule has 124 valence electrons. The van der Waals surface area contributed by atoms with E-state index in [-0.39, 0.29) is 5.78 Å². The molecule has 2 aromatic carbocycles. The SMILES string of the molecule is C[C@H](C(=O)O[C@H](C)C(=O)O)c1cccc(C(=O)c2ccccc2)c1. The van der Waals surface area contributed by atoms with Gasteiger partial charge in [-0.25, -0.2) is 4.79 Å². The second-order valence-electron chi connectivity index (χ2n) is 5.46. The monoisotopic (exact) mass is 326 g/mol. The molecule has 1 N–H and O–H groups in total. The average molecular weight is 326 g/mol. The standard InChI is InChI=1S/C19H18O5/c1-12(19(23)24-13(2)18(21)22)15-9-6-10-16(11-15)17(20)14-7-4-3-5-8-14/h3-13H,1-2H3,(H,21,22)/t12-,13+/m0/s1. The highest BCUT2D eigenvalue weighted by atomic mass is 16.6. The van der Waals surface area contributed by atoms with Gasteiger partial charge in [-0.1, -0.05) is 48.5 Å². The molecule has 0 radical (unpaired) electrons. The van der Waals surface area contributed by atoms with Crippen molar-refractivity contribution in [2.45, 2.75) is 25.9 Å². The molecule has 2 atom stereocenters. The van der Waals surface area contributed by atoms with Gasteiger partial charge in [-0.05, 0) is 25.5 Å². The van der Waals surface area contributed by atoms with Crippen molar-refractivity contribution >= 4 is 17.7 Å². The van der Waals surface area contributed by atoms with Crippen LogP contribution in [0.25, 0.3) is 0 Å². The maximum atomic E-state index is 12.5. The number of hydrogen-bond acceptors (Lipinski definition) is 4. The summed E-state index contributed by atoms with van der Waals surface area (Å²) < 4.78 is 4.89. The van der Waals surface area contributed by atoms with Crippen LogP contribution in [0.4, 0.5) is 0 Å². The van der Waals surface area contributed by atoms with E-state index in [4.69, 9.17) is 9.84 Å². The van der Waals surface area contributed by atoms with Crippen LogP contribution in [0.2, 0.25) is 0 Å². The predicted molar refractivity (Wildman–Crippen MR) is 87.9 cm³/mol. The Balaban J connectivity index is 2.19. The van der Waals surface area contributed by atoms with Gasteiger partial charge < -0.3 is 9.84 Å². The number of carboxylic acid groups (broad SMARTS) is 1. The third kappa shape index (κ3) is 4.07. The van der Waals surface area contributed by atoms with Gasteiger partial charge in [0.05, 0.1) is 5.92 Å². The highest BCUT2D eigenvalue weighted by molar-refractivity contribution is 6.09. The van der Waals surface area contributed by atoms with Crippen LogP contribution in [0.1, 0.15) is 41.3 Å². The summed E-state index contributed by atoms with van der Waals surface area (Å²) in [4.78, 5) is 35.3. The fourth-order valence-electron chi connectivity index (χ4n) is 2.17.